The van der Waals surface area contributed by atoms with Crippen LogP contribution in [0.2, 0.25) is 0 Å². The maximum atomic E-state index is 12.9. The fraction of sp³-hybridized carbons (Fsp3) is 0.471. The van der Waals surface area contributed by atoms with Gasteiger partial charge in [0.05, 0.1) is 6.54 Å². The van der Waals surface area contributed by atoms with Crippen LogP contribution in [0, 0.1) is 6.92 Å². The summed E-state index contributed by atoms with van der Waals surface area (Å²) in [7, 11) is 0. The van der Waals surface area contributed by atoms with Crippen LogP contribution in [0.4, 0.5) is 4.79 Å². The van der Waals surface area contributed by atoms with Crippen LogP contribution in [0.15, 0.2) is 24.3 Å². The van der Waals surface area contributed by atoms with Gasteiger partial charge in [0, 0.05) is 6.54 Å². The molecule has 1 aromatic carbocycles. The van der Waals surface area contributed by atoms with E-state index < -0.39 is 11.6 Å². The van der Waals surface area contributed by atoms with Crippen molar-refractivity contribution in [3.05, 3.63) is 41.2 Å². The van der Waals surface area contributed by atoms with Gasteiger partial charge in [-0.3, -0.25) is 9.69 Å². The van der Waals surface area contributed by atoms with Gasteiger partial charge >= 0.3 is 6.03 Å². The van der Waals surface area contributed by atoms with Crippen molar-refractivity contribution >= 4 is 11.9 Å². The normalized spacial score (nSPS) is 20.2. The Hall–Kier alpha value is -2.77. The van der Waals surface area contributed by atoms with Crippen LogP contribution < -0.4 is 5.32 Å². The Balaban J connectivity index is 1.82. The average molecular weight is 342 g/mol. The second-order valence-electron chi connectivity index (χ2n) is 6.48. The minimum Gasteiger partial charge on any atom is -0.319 e. The topological polar surface area (TPSA) is 93.0 Å². The fourth-order valence-corrected chi connectivity index (χ4v) is 2.88. The van der Waals surface area contributed by atoms with Crippen molar-refractivity contribution in [3.63, 3.8) is 0 Å². The summed E-state index contributed by atoms with van der Waals surface area (Å²) in [6.45, 7) is 6.50. The molecule has 1 atom stereocenters. The van der Waals surface area contributed by atoms with E-state index in [2.05, 4.69) is 27.8 Å². The van der Waals surface area contributed by atoms with Gasteiger partial charge in [-0.2, -0.15) is 0 Å². The number of imide groups is 1. The first-order valence-corrected chi connectivity index (χ1v) is 8.42. The van der Waals surface area contributed by atoms with E-state index in [0.717, 1.165) is 24.0 Å². The van der Waals surface area contributed by atoms with Crippen molar-refractivity contribution in [2.45, 2.75) is 52.2 Å². The fourth-order valence-electron chi connectivity index (χ4n) is 2.88. The summed E-state index contributed by atoms with van der Waals surface area (Å²) in [4.78, 5) is 26.5. The molecule has 25 heavy (non-hydrogen) atoms. The highest BCUT2D eigenvalue weighted by molar-refractivity contribution is 6.07. The van der Waals surface area contributed by atoms with Crippen LogP contribution in [-0.4, -0.2) is 37.0 Å². The van der Waals surface area contributed by atoms with Crippen LogP contribution >= 0.6 is 0 Å². The molecule has 1 N–H and O–H groups in total. The van der Waals surface area contributed by atoms with Gasteiger partial charge in [-0.25, -0.2) is 9.48 Å². The minimum atomic E-state index is -1.08. The summed E-state index contributed by atoms with van der Waals surface area (Å²) in [5.41, 5.74) is 0.771. The number of benzene rings is 1. The van der Waals surface area contributed by atoms with E-state index in [1.54, 1.807) is 11.6 Å². The number of aromatic nitrogens is 4. The Morgan fingerprint density at radius 1 is 1.20 bits per heavy atom. The SMILES string of the molecule is CCCCn1nnnc1CN1C(=O)NC(C)(c2ccc(C)cc2)C1=O. The van der Waals surface area contributed by atoms with Crippen molar-refractivity contribution in [3.8, 4) is 0 Å². The Kier molecular flexibility index (Phi) is 4.52. The molecular weight excluding hydrogens is 320 g/mol. The molecule has 1 aliphatic heterocycles. The summed E-state index contributed by atoms with van der Waals surface area (Å²) < 4.78 is 1.64. The minimum absolute atomic E-state index is 0.0584. The highest BCUT2D eigenvalue weighted by Crippen LogP contribution is 2.29. The first-order chi connectivity index (χ1) is 12.0. The van der Waals surface area contributed by atoms with Crippen molar-refractivity contribution in [2.75, 3.05) is 0 Å². The Bertz CT molecular complexity index is 785. The number of rotatable bonds is 6. The number of carbonyl (C=O) groups excluding carboxylic acids is 2. The predicted octanol–water partition coefficient (Wildman–Crippen LogP) is 1.75. The van der Waals surface area contributed by atoms with Gasteiger partial charge in [-0.1, -0.05) is 43.2 Å². The Morgan fingerprint density at radius 3 is 2.60 bits per heavy atom. The lowest BCUT2D eigenvalue weighted by Crippen LogP contribution is -2.40. The molecule has 3 rings (SSSR count). The molecular formula is C17H22N6O2. The zero-order valence-electron chi connectivity index (χ0n) is 14.7. The summed E-state index contributed by atoms with van der Waals surface area (Å²) in [5, 5.41) is 14.4. The lowest BCUT2D eigenvalue weighted by molar-refractivity contribution is -0.131. The number of nitrogens with zero attached hydrogens (tertiary/aromatic N) is 5. The summed E-state index contributed by atoms with van der Waals surface area (Å²) >= 11 is 0. The number of hydrogen-bond acceptors (Lipinski definition) is 5. The van der Waals surface area contributed by atoms with Gasteiger partial charge in [0.15, 0.2) is 5.82 Å². The number of hydrogen-bond donors (Lipinski definition) is 1. The molecule has 1 unspecified atom stereocenters. The molecule has 3 amide bonds. The number of tetrazole rings is 1. The second kappa shape index (κ2) is 6.62. The molecule has 8 heteroatoms. The molecule has 0 spiro atoms. The molecule has 2 aromatic rings. The lowest BCUT2D eigenvalue weighted by atomic mass is 9.91. The third-order valence-electron chi connectivity index (χ3n) is 4.53. The monoisotopic (exact) mass is 342 g/mol. The number of unbranched alkanes of at least 4 members (excludes halogenated alkanes) is 1. The van der Waals surface area contributed by atoms with E-state index in [1.165, 1.54) is 4.90 Å². The van der Waals surface area contributed by atoms with Crippen LogP contribution in [0.1, 0.15) is 43.6 Å². The first kappa shape index (κ1) is 17.1. The molecule has 0 aliphatic carbocycles. The van der Waals surface area contributed by atoms with Crippen LogP contribution in [-0.2, 0) is 23.4 Å². The molecule has 1 aliphatic rings. The zero-order chi connectivity index (χ0) is 18.0. The third-order valence-corrected chi connectivity index (χ3v) is 4.53. The standard InChI is InChI=1S/C17H22N6O2/c1-4-5-10-23-14(19-20-21-23)11-22-15(24)17(3,18-16(22)25)13-8-6-12(2)7-9-13/h6-9H,4-5,10-11H2,1-3H3,(H,18,25). The number of amides is 3. The quantitative estimate of drug-likeness (QED) is 0.807. The molecule has 0 bridgehead atoms. The second-order valence-corrected chi connectivity index (χ2v) is 6.48. The average Bonchev–Trinajstić information content (AvgIpc) is 3.12. The van der Waals surface area contributed by atoms with E-state index in [0.29, 0.717) is 12.4 Å². The van der Waals surface area contributed by atoms with Gasteiger partial charge in [0.2, 0.25) is 0 Å². The molecule has 1 fully saturated rings. The summed E-state index contributed by atoms with van der Waals surface area (Å²) in [5.74, 6) is 0.205. The van der Waals surface area contributed by atoms with Gasteiger partial charge in [-0.15, -0.1) is 5.10 Å². The van der Waals surface area contributed by atoms with Crippen LogP contribution in [0.5, 0.6) is 0 Å². The van der Waals surface area contributed by atoms with Crippen molar-refractivity contribution in [1.29, 1.82) is 0 Å². The van der Waals surface area contributed by atoms with Gasteiger partial charge in [0.25, 0.3) is 5.91 Å². The van der Waals surface area contributed by atoms with E-state index in [4.69, 9.17) is 0 Å². The molecule has 2 heterocycles. The zero-order valence-corrected chi connectivity index (χ0v) is 14.7. The highest BCUT2D eigenvalue weighted by Gasteiger charge is 2.49. The smallest absolute Gasteiger partial charge is 0.319 e. The number of carbonyl (C=O) groups is 2. The molecule has 0 saturated carbocycles. The van der Waals surface area contributed by atoms with Gasteiger partial charge < -0.3 is 5.32 Å². The van der Waals surface area contributed by atoms with E-state index >= 15 is 0 Å². The molecule has 1 aromatic heterocycles. The molecule has 1 saturated heterocycles. The van der Waals surface area contributed by atoms with E-state index in [-0.39, 0.29) is 12.5 Å². The molecule has 132 valence electrons. The number of urea groups is 1. The van der Waals surface area contributed by atoms with Crippen molar-refractivity contribution in [2.24, 2.45) is 0 Å². The molecule has 8 nitrogen and oxygen atoms in total. The first-order valence-electron chi connectivity index (χ1n) is 8.42. The van der Waals surface area contributed by atoms with Gasteiger partial charge in [0.1, 0.15) is 5.54 Å². The lowest BCUT2D eigenvalue weighted by Gasteiger charge is -2.22. The van der Waals surface area contributed by atoms with E-state index in [9.17, 15) is 9.59 Å². The van der Waals surface area contributed by atoms with Crippen molar-refractivity contribution < 1.29 is 9.59 Å². The third kappa shape index (κ3) is 3.11. The van der Waals surface area contributed by atoms with Crippen LogP contribution in [0.25, 0.3) is 0 Å². The maximum absolute atomic E-state index is 12.9. The summed E-state index contributed by atoms with van der Waals surface area (Å²) in [6.07, 6.45) is 1.94. The van der Waals surface area contributed by atoms with E-state index in [1.807, 2.05) is 31.2 Å². The van der Waals surface area contributed by atoms with Gasteiger partial charge in [-0.05, 0) is 36.3 Å². The Labute approximate surface area is 146 Å². The maximum Gasteiger partial charge on any atom is 0.325 e. The number of nitrogens with one attached hydrogen (secondary N) is 1. The largest absolute Gasteiger partial charge is 0.325 e. The van der Waals surface area contributed by atoms with Crippen molar-refractivity contribution in [1.82, 2.24) is 30.4 Å². The predicted molar refractivity (Wildman–Crippen MR) is 90.3 cm³/mol. The summed E-state index contributed by atoms with van der Waals surface area (Å²) in [6, 6.07) is 7.14. The van der Waals surface area contributed by atoms with Crippen LogP contribution in [0.3, 0.4) is 0 Å². The number of aryl methyl sites for hydroxylation is 2. The Morgan fingerprint density at radius 2 is 1.92 bits per heavy atom. The highest BCUT2D eigenvalue weighted by atomic mass is 16.2. The molecule has 0 radical (unpaired) electrons.